The Hall–Kier alpha value is -1.92. The summed E-state index contributed by atoms with van der Waals surface area (Å²) in [5, 5.41) is 3.33. The molecule has 1 aliphatic heterocycles. The van der Waals surface area contributed by atoms with Crippen LogP contribution in [0.2, 0.25) is 0 Å². The molecule has 4 nitrogen and oxygen atoms in total. The fourth-order valence-electron chi connectivity index (χ4n) is 3.62. The molecule has 2 aromatic carbocycles. The number of fused-ring (bicyclic) bond motifs is 1. The molecule has 0 N–H and O–H groups in total. The van der Waals surface area contributed by atoms with Gasteiger partial charge in [0.2, 0.25) is 0 Å². The van der Waals surface area contributed by atoms with Gasteiger partial charge in [-0.3, -0.25) is 4.90 Å². The summed E-state index contributed by atoms with van der Waals surface area (Å²) in [4.78, 5) is 19.4. The number of halogens is 1. The summed E-state index contributed by atoms with van der Waals surface area (Å²) in [6.07, 6.45) is 1.62. The van der Waals surface area contributed by atoms with Crippen molar-refractivity contribution in [1.29, 1.82) is 0 Å². The molecule has 1 unspecified atom stereocenters. The second-order valence-corrected chi connectivity index (χ2v) is 10.4. The van der Waals surface area contributed by atoms with Gasteiger partial charge in [0.1, 0.15) is 10.6 Å². The van der Waals surface area contributed by atoms with Crippen molar-refractivity contribution in [2.75, 3.05) is 6.54 Å². The molecule has 1 amide bonds. The minimum Gasteiger partial charge on any atom is -0.444 e. The summed E-state index contributed by atoms with van der Waals surface area (Å²) in [5.41, 5.74) is 1.55. The Labute approximate surface area is 191 Å². The van der Waals surface area contributed by atoms with Gasteiger partial charge in [-0.25, -0.2) is 9.78 Å². The number of amides is 1. The minimum atomic E-state index is -0.498. The van der Waals surface area contributed by atoms with Crippen molar-refractivity contribution in [2.24, 2.45) is 0 Å². The summed E-state index contributed by atoms with van der Waals surface area (Å²) in [7, 11) is 0. The number of ether oxygens (including phenoxy) is 1. The molecule has 2 heterocycles. The lowest BCUT2D eigenvalue weighted by molar-refractivity contribution is 0.0224. The summed E-state index contributed by atoms with van der Waals surface area (Å²) >= 11 is 5.32. The van der Waals surface area contributed by atoms with E-state index in [1.54, 1.807) is 11.3 Å². The number of benzene rings is 2. The predicted molar refractivity (Wildman–Crippen MR) is 129 cm³/mol. The molecule has 1 saturated heterocycles. The van der Waals surface area contributed by atoms with Crippen molar-refractivity contribution in [3.63, 3.8) is 0 Å². The van der Waals surface area contributed by atoms with Crippen molar-refractivity contribution in [2.45, 2.75) is 59.1 Å². The van der Waals surface area contributed by atoms with Crippen LogP contribution in [0.1, 0.15) is 58.5 Å². The molecule has 3 aromatic rings. The topological polar surface area (TPSA) is 42.4 Å². The second kappa shape index (κ2) is 9.48. The van der Waals surface area contributed by atoms with Crippen LogP contribution in [0.25, 0.3) is 22.0 Å². The highest BCUT2D eigenvalue weighted by molar-refractivity contribution is 9.11. The number of carbonyl (C=O) groups excluding carboxylic acids is 1. The normalized spacial score (nSPS) is 16.3. The van der Waals surface area contributed by atoms with E-state index in [1.165, 1.54) is 10.8 Å². The van der Waals surface area contributed by atoms with Gasteiger partial charge in [0, 0.05) is 12.1 Å². The van der Waals surface area contributed by atoms with Crippen LogP contribution >= 0.6 is 27.3 Å². The van der Waals surface area contributed by atoms with Gasteiger partial charge in [-0.05, 0) is 60.3 Å². The first-order valence-corrected chi connectivity index (χ1v) is 12.1. The Morgan fingerprint density at radius 3 is 2.60 bits per heavy atom. The first kappa shape index (κ1) is 22.8. The third-order valence-electron chi connectivity index (χ3n) is 4.81. The van der Waals surface area contributed by atoms with E-state index in [0.29, 0.717) is 6.54 Å². The average Bonchev–Trinajstić information content (AvgIpc) is 3.34. The number of thiazole rings is 1. The minimum absolute atomic E-state index is 0.0279. The van der Waals surface area contributed by atoms with E-state index in [0.717, 1.165) is 32.9 Å². The molecule has 1 atom stereocenters. The maximum absolute atomic E-state index is 12.7. The zero-order chi connectivity index (χ0) is 21.9. The zero-order valence-corrected chi connectivity index (χ0v) is 20.6. The summed E-state index contributed by atoms with van der Waals surface area (Å²) in [6, 6.07) is 14.6. The van der Waals surface area contributed by atoms with E-state index in [4.69, 9.17) is 9.72 Å². The van der Waals surface area contributed by atoms with Crippen molar-refractivity contribution < 1.29 is 9.53 Å². The molecule has 30 heavy (non-hydrogen) atoms. The summed E-state index contributed by atoms with van der Waals surface area (Å²) < 4.78 is 6.60. The van der Waals surface area contributed by atoms with Crippen molar-refractivity contribution in [3.8, 4) is 11.3 Å². The molecule has 1 fully saturated rings. The molecule has 0 bridgehead atoms. The molecule has 0 radical (unpaired) electrons. The van der Waals surface area contributed by atoms with Gasteiger partial charge >= 0.3 is 6.09 Å². The molecule has 0 saturated carbocycles. The third kappa shape index (κ3) is 4.86. The lowest BCUT2D eigenvalue weighted by atomic mass is 10.0. The zero-order valence-electron chi connectivity index (χ0n) is 18.2. The van der Waals surface area contributed by atoms with Gasteiger partial charge < -0.3 is 4.74 Å². The van der Waals surface area contributed by atoms with E-state index < -0.39 is 5.60 Å². The lowest BCUT2D eigenvalue weighted by Crippen LogP contribution is -2.36. The van der Waals surface area contributed by atoms with E-state index in [-0.39, 0.29) is 12.1 Å². The molecule has 1 aromatic heterocycles. The molecule has 1 aliphatic rings. The van der Waals surface area contributed by atoms with Crippen LogP contribution in [-0.4, -0.2) is 28.1 Å². The first-order chi connectivity index (χ1) is 14.3. The SMILES string of the molecule is CC.CC(C)(C)OC(=O)N1CCCC1c1nc(-c2cccc3ccccc23)c(Br)s1. The van der Waals surface area contributed by atoms with Crippen molar-refractivity contribution in [3.05, 3.63) is 51.3 Å². The van der Waals surface area contributed by atoms with Crippen LogP contribution < -0.4 is 0 Å². The number of carbonyl (C=O) groups is 1. The van der Waals surface area contributed by atoms with Gasteiger partial charge in [-0.2, -0.15) is 0 Å². The molecule has 160 valence electrons. The molecule has 0 spiro atoms. The van der Waals surface area contributed by atoms with Crippen LogP contribution in [0.3, 0.4) is 0 Å². The Bertz CT molecular complexity index is 1020. The maximum atomic E-state index is 12.7. The largest absolute Gasteiger partial charge is 0.444 e. The van der Waals surface area contributed by atoms with Crippen LogP contribution in [0, 0.1) is 0 Å². The first-order valence-electron chi connectivity index (χ1n) is 10.5. The summed E-state index contributed by atoms with van der Waals surface area (Å²) in [5.74, 6) is 0. The van der Waals surface area contributed by atoms with Crippen LogP contribution in [0.4, 0.5) is 4.79 Å². The number of hydrogen-bond donors (Lipinski definition) is 0. The number of hydrogen-bond acceptors (Lipinski definition) is 4. The fraction of sp³-hybridized carbons (Fsp3) is 0.417. The number of rotatable bonds is 2. The number of aromatic nitrogens is 1. The van der Waals surface area contributed by atoms with Crippen LogP contribution in [-0.2, 0) is 4.74 Å². The lowest BCUT2D eigenvalue weighted by Gasteiger charge is -2.27. The molecular weight excluding hydrogens is 460 g/mol. The van der Waals surface area contributed by atoms with Gasteiger partial charge in [0.05, 0.1) is 15.5 Å². The average molecular weight is 489 g/mol. The Morgan fingerprint density at radius 1 is 1.17 bits per heavy atom. The van der Waals surface area contributed by atoms with E-state index >= 15 is 0 Å². The Morgan fingerprint density at radius 2 is 1.87 bits per heavy atom. The highest BCUT2D eigenvalue weighted by Crippen LogP contribution is 2.42. The highest BCUT2D eigenvalue weighted by Gasteiger charge is 2.35. The summed E-state index contributed by atoms with van der Waals surface area (Å²) in [6.45, 7) is 10.4. The monoisotopic (exact) mass is 488 g/mol. The standard InChI is InChI=1S/C22H23BrN2O2S.C2H6/c1-22(2,3)27-21(26)25-13-7-12-17(25)20-24-18(19(23)28-20)16-11-6-9-14-8-4-5-10-15(14)16;1-2/h4-6,8-11,17H,7,12-13H2,1-3H3;1-2H3. The van der Waals surface area contributed by atoms with Gasteiger partial charge in [-0.1, -0.05) is 56.3 Å². The maximum Gasteiger partial charge on any atom is 0.410 e. The smallest absolute Gasteiger partial charge is 0.410 e. The molecular formula is C24H29BrN2O2S. The second-order valence-electron chi connectivity index (χ2n) is 8.03. The molecule has 6 heteroatoms. The molecule has 0 aliphatic carbocycles. The quantitative estimate of drug-likeness (QED) is 0.369. The molecule has 4 rings (SSSR count). The van der Waals surface area contributed by atoms with Crippen LogP contribution in [0.15, 0.2) is 46.3 Å². The Kier molecular flexibility index (Phi) is 7.19. The van der Waals surface area contributed by atoms with Crippen molar-refractivity contribution >= 4 is 44.1 Å². The van der Waals surface area contributed by atoms with E-state index in [9.17, 15) is 4.79 Å². The van der Waals surface area contributed by atoms with Gasteiger partial charge in [0.15, 0.2) is 0 Å². The number of likely N-dealkylation sites (tertiary alicyclic amines) is 1. The number of nitrogens with zero attached hydrogens (tertiary/aromatic N) is 2. The predicted octanol–water partition coefficient (Wildman–Crippen LogP) is 7.82. The van der Waals surface area contributed by atoms with Gasteiger partial charge in [0.25, 0.3) is 0 Å². The van der Waals surface area contributed by atoms with Crippen molar-refractivity contribution in [1.82, 2.24) is 9.88 Å². The third-order valence-corrected chi connectivity index (χ3v) is 6.62. The Balaban J connectivity index is 0.00000124. The van der Waals surface area contributed by atoms with E-state index in [2.05, 4.69) is 46.3 Å². The highest BCUT2D eigenvalue weighted by atomic mass is 79.9. The fourth-order valence-corrected chi connectivity index (χ4v) is 5.37. The van der Waals surface area contributed by atoms with Crippen LogP contribution in [0.5, 0.6) is 0 Å². The van der Waals surface area contributed by atoms with Gasteiger partial charge in [-0.15, -0.1) is 11.3 Å². The van der Waals surface area contributed by atoms with E-state index in [1.807, 2.05) is 51.7 Å².